The molecule has 1 aromatic rings. The Bertz CT molecular complexity index is 679. The van der Waals surface area contributed by atoms with E-state index in [9.17, 15) is 18.0 Å². The highest BCUT2D eigenvalue weighted by Crippen LogP contribution is 2.10. The summed E-state index contributed by atoms with van der Waals surface area (Å²) in [6, 6.07) is -0.0492. The minimum absolute atomic E-state index is 0.0492. The molecule has 1 aliphatic rings. The van der Waals surface area contributed by atoms with E-state index in [4.69, 9.17) is 0 Å². The molecule has 106 valence electrons. The van der Waals surface area contributed by atoms with Gasteiger partial charge in [0.15, 0.2) is 9.84 Å². The fourth-order valence-corrected chi connectivity index (χ4v) is 4.05. The predicted molar refractivity (Wildman–Crippen MR) is 74.1 cm³/mol. The van der Waals surface area contributed by atoms with Crippen LogP contribution in [0.5, 0.6) is 0 Å². The van der Waals surface area contributed by atoms with E-state index in [1.807, 2.05) is 0 Å². The van der Waals surface area contributed by atoms with E-state index in [2.05, 4.69) is 26.2 Å². The van der Waals surface area contributed by atoms with Gasteiger partial charge in [-0.2, -0.15) is 0 Å². The zero-order valence-electron chi connectivity index (χ0n) is 10.1. The van der Waals surface area contributed by atoms with Gasteiger partial charge in [-0.15, -0.1) is 0 Å². The van der Waals surface area contributed by atoms with Crippen molar-refractivity contribution in [1.29, 1.82) is 0 Å². The summed E-state index contributed by atoms with van der Waals surface area (Å²) >= 11 is 3.05. The summed E-state index contributed by atoms with van der Waals surface area (Å²) in [6.45, 7) is 0.837. The van der Waals surface area contributed by atoms with Crippen LogP contribution in [0.15, 0.2) is 20.3 Å². The van der Waals surface area contributed by atoms with Crippen molar-refractivity contribution in [2.75, 3.05) is 18.1 Å². The minimum atomic E-state index is -2.90. The Labute approximate surface area is 118 Å². The molecule has 0 spiro atoms. The van der Waals surface area contributed by atoms with Gasteiger partial charge in [-0.25, -0.2) is 13.2 Å². The molecular formula is C10H14BrN3O4S. The molecule has 0 saturated carbocycles. The summed E-state index contributed by atoms with van der Waals surface area (Å²) in [5, 5.41) is 3.10. The largest absolute Gasteiger partial charge is 0.328 e. The molecule has 7 nitrogen and oxygen atoms in total. The first kappa shape index (κ1) is 14.5. The lowest BCUT2D eigenvalue weighted by atomic mass is 10.2. The Balaban J connectivity index is 1.92. The standard InChI is InChI=1S/C10H14BrN3O4S/c11-8-5-14(10(16)13-9(8)15)3-2-12-7-1-4-19(17,18)6-7/h5,7,12H,1-4,6H2,(H,13,15,16). The van der Waals surface area contributed by atoms with Crippen molar-refractivity contribution in [1.82, 2.24) is 14.9 Å². The van der Waals surface area contributed by atoms with Crippen LogP contribution in [0.25, 0.3) is 0 Å². The van der Waals surface area contributed by atoms with Gasteiger partial charge in [0.05, 0.1) is 16.0 Å². The number of halogens is 1. The Kier molecular flexibility index (Phi) is 4.26. The molecule has 1 atom stereocenters. The number of aromatic nitrogens is 2. The molecule has 0 radical (unpaired) electrons. The zero-order chi connectivity index (χ0) is 14.0. The summed E-state index contributed by atoms with van der Waals surface area (Å²) in [6.07, 6.45) is 2.03. The van der Waals surface area contributed by atoms with Gasteiger partial charge in [-0.05, 0) is 22.4 Å². The van der Waals surface area contributed by atoms with Crippen LogP contribution < -0.4 is 16.6 Å². The molecule has 9 heteroatoms. The average molecular weight is 352 g/mol. The van der Waals surface area contributed by atoms with Gasteiger partial charge in [0.1, 0.15) is 0 Å². The molecule has 1 saturated heterocycles. The second-order valence-electron chi connectivity index (χ2n) is 4.48. The minimum Gasteiger partial charge on any atom is -0.311 e. The molecule has 1 fully saturated rings. The molecule has 1 aliphatic heterocycles. The van der Waals surface area contributed by atoms with Crippen LogP contribution in [0.3, 0.4) is 0 Å². The van der Waals surface area contributed by atoms with Crippen LogP contribution in [-0.4, -0.2) is 42.1 Å². The van der Waals surface area contributed by atoms with Crippen molar-refractivity contribution >= 4 is 25.8 Å². The van der Waals surface area contributed by atoms with Crippen LogP contribution in [0.1, 0.15) is 6.42 Å². The fraction of sp³-hybridized carbons (Fsp3) is 0.600. The van der Waals surface area contributed by atoms with E-state index in [1.165, 1.54) is 10.8 Å². The summed E-state index contributed by atoms with van der Waals surface area (Å²) in [4.78, 5) is 24.8. The topological polar surface area (TPSA) is 101 Å². The van der Waals surface area contributed by atoms with Crippen LogP contribution in [0.4, 0.5) is 0 Å². The molecule has 2 N–H and O–H groups in total. The number of rotatable bonds is 4. The highest BCUT2D eigenvalue weighted by molar-refractivity contribution is 9.10. The Hall–Kier alpha value is -0.930. The van der Waals surface area contributed by atoms with Crippen LogP contribution in [0.2, 0.25) is 0 Å². The third-order valence-electron chi connectivity index (χ3n) is 2.99. The number of nitrogens with zero attached hydrogens (tertiary/aromatic N) is 1. The predicted octanol–water partition coefficient (Wildman–Crippen LogP) is -0.924. The molecule has 1 aromatic heterocycles. The number of H-pyrrole nitrogens is 1. The molecular weight excluding hydrogens is 338 g/mol. The normalized spacial score (nSPS) is 21.6. The van der Waals surface area contributed by atoms with Gasteiger partial charge in [-0.3, -0.25) is 14.3 Å². The fourth-order valence-electron chi connectivity index (χ4n) is 1.99. The molecule has 0 amide bonds. The third-order valence-corrected chi connectivity index (χ3v) is 5.32. The number of sulfone groups is 1. The van der Waals surface area contributed by atoms with Crippen LogP contribution >= 0.6 is 15.9 Å². The first-order valence-electron chi connectivity index (χ1n) is 5.80. The van der Waals surface area contributed by atoms with E-state index in [-0.39, 0.29) is 22.0 Å². The van der Waals surface area contributed by atoms with E-state index >= 15 is 0 Å². The SMILES string of the molecule is O=c1[nH]c(=O)n(CCNC2CCS(=O)(=O)C2)cc1Br. The van der Waals surface area contributed by atoms with Gasteiger partial charge in [0, 0.05) is 25.3 Å². The molecule has 1 unspecified atom stereocenters. The number of nitrogens with one attached hydrogen (secondary N) is 2. The quantitative estimate of drug-likeness (QED) is 0.730. The van der Waals surface area contributed by atoms with Crippen molar-refractivity contribution in [3.05, 3.63) is 31.5 Å². The molecule has 0 aliphatic carbocycles. The van der Waals surface area contributed by atoms with E-state index in [1.54, 1.807) is 0 Å². The number of hydrogen-bond acceptors (Lipinski definition) is 5. The van der Waals surface area contributed by atoms with Crippen LogP contribution in [0, 0.1) is 0 Å². The third kappa shape index (κ3) is 3.77. The second-order valence-corrected chi connectivity index (χ2v) is 7.57. The Morgan fingerprint density at radius 3 is 2.84 bits per heavy atom. The summed E-state index contributed by atoms with van der Waals surface area (Å²) < 4.78 is 24.2. The van der Waals surface area contributed by atoms with E-state index < -0.39 is 21.1 Å². The molecule has 2 heterocycles. The monoisotopic (exact) mass is 351 g/mol. The lowest BCUT2D eigenvalue weighted by Crippen LogP contribution is -2.36. The van der Waals surface area contributed by atoms with Crippen LogP contribution in [-0.2, 0) is 16.4 Å². The highest BCUT2D eigenvalue weighted by Gasteiger charge is 2.27. The molecule has 2 rings (SSSR count). The zero-order valence-corrected chi connectivity index (χ0v) is 12.5. The summed E-state index contributed by atoms with van der Waals surface area (Å²) in [7, 11) is -2.90. The van der Waals surface area contributed by atoms with Crippen molar-refractivity contribution in [2.45, 2.75) is 19.0 Å². The van der Waals surface area contributed by atoms with Gasteiger partial charge in [0.25, 0.3) is 5.56 Å². The van der Waals surface area contributed by atoms with Gasteiger partial charge in [0.2, 0.25) is 0 Å². The smallest absolute Gasteiger partial charge is 0.311 e. The maximum atomic E-state index is 11.5. The first-order valence-corrected chi connectivity index (χ1v) is 8.42. The summed E-state index contributed by atoms with van der Waals surface area (Å²) in [5.41, 5.74) is -0.940. The van der Waals surface area contributed by atoms with Crippen molar-refractivity contribution < 1.29 is 8.42 Å². The highest BCUT2D eigenvalue weighted by atomic mass is 79.9. The second kappa shape index (κ2) is 5.59. The molecule has 19 heavy (non-hydrogen) atoms. The first-order chi connectivity index (χ1) is 8.87. The number of aromatic amines is 1. The maximum absolute atomic E-state index is 11.5. The van der Waals surface area contributed by atoms with Crippen molar-refractivity contribution in [3.8, 4) is 0 Å². The van der Waals surface area contributed by atoms with E-state index in [0.717, 1.165) is 0 Å². The van der Waals surface area contributed by atoms with Crippen molar-refractivity contribution in [2.24, 2.45) is 0 Å². The Morgan fingerprint density at radius 2 is 2.21 bits per heavy atom. The van der Waals surface area contributed by atoms with Gasteiger partial charge in [-0.1, -0.05) is 0 Å². The van der Waals surface area contributed by atoms with Gasteiger partial charge < -0.3 is 5.32 Å². The Morgan fingerprint density at radius 1 is 1.47 bits per heavy atom. The average Bonchev–Trinajstić information content (AvgIpc) is 2.65. The number of hydrogen-bond donors (Lipinski definition) is 2. The van der Waals surface area contributed by atoms with Crippen molar-refractivity contribution in [3.63, 3.8) is 0 Å². The van der Waals surface area contributed by atoms with Gasteiger partial charge >= 0.3 is 5.69 Å². The summed E-state index contributed by atoms with van der Waals surface area (Å²) in [5.74, 6) is 0.367. The molecule has 0 bridgehead atoms. The molecule has 0 aromatic carbocycles. The lowest BCUT2D eigenvalue weighted by Gasteiger charge is -2.11. The maximum Gasteiger partial charge on any atom is 0.328 e. The lowest BCUT2D eigenvalue weighted by molar-refractivity contribution is 0.509. The van der Waals surface area contributed by atoms with E-state index in [0.29, 0.717) is 19.5 Å².